The molecule has 2 rings (SSSR count). The van der Waals surface area contributed by atoms with Crippen LogP contribution in [0.2, 0.25) is 5.02 Å². The number of anilines is 1. The highest BCUT2D eigenvalue weighted by molar-refractivity contribution is 7.92. The average molecular weight is 340 g/mol. The number of sulfonamides is 1. The van der Waals surface area contributed by atoms with Gasteiger partial charge < -0.3 is 4.98 Å². The van der Waals surface area contributed by atoms with E-state index >= 15 is 0 Å². The lowest BCUT2D eigenvalue weighted by Gasteiger charge is -2.11. The predicted octanol–water partition coefficient (Wildman–Crippen LogP) is 3.19. The van der Waals surface area contributed by atoms with Gasteiger partial charge in [0.05, 0.1) is 23.3 Å². The maximum absolute atomic E-state index is 12.7. The first-order valence-corrected chi connectivity index (χ1v) is 7.36. The number of aryl methyl sites for hydroxylation is 1. The van der Waals surface area contributed by atoms with E-state index in [-0.39, 0.29) is 21.4 Å². The van der Waals surface area contributed by atoms with Crippen molar-refractivity contribution in [3.05, 3.63) is 40.8 Å². The van der Waals surface area contributed by atoms with Gasteiger partial charge in [0.15, 0.2) is 5.03 Å². The standard InChI is InChI=1S/C11H9ClF3N3O2S/c1-6-10(17-5-16-6)21(19,20)18-9-3-7(11(13,14)15)2-8(12)4-9/h2-5,18H,1H3,(H,16,17). The molecule has 0 radical (unpaired) electrons. The van der Waals surface area contributed by atoms with Gasteiger partial charge in [-0.2, -0.15) is 21.6 Å². The number of nitrogens with one attached hydrogen (secondary N) is 2. The zero-order valence-electron chi connectivity index (χ0n) is 10.5. The van der Waals surface area contributed by atoms with Crippen LogP contribution in [0.4, 0.5) is 18.9 Å². The van der Waals surface area contributed by atoms with Gasteiger partial charge >= 0.3 is 6.18 Å². The van der Waals surface area contributed by atoms with Gasteiger partial charge in [-0.3, -0.25) is 4.72 Å². The van der Waals surface area contributed by atoms with Crippen molar-refractivity contribution in [3.8, 4) is 0 Å². The molecule has 2 N–H and O–H groups in total. The van der Waals surface area contributed by atoms with E-state index in [4.69, 9.17) is 11.6 Å². The van der Waals surface area contributed by atoms with Crippen molar-refractivity contribution in [2.75, 3.05) is 4.72 Å². The maximum atomic E-state index is 12.7. The molecule has 1 heterocycles. The SMILES string of the molecule is Cc1[nH]cnc1S(=O)(=O)Nc1cc(Cl)cc(C(F)(F)F)c1. The Morgan fingerprint density at radius 2 is 1.95 bits per heavy atom. The molecular formula is C11H9ClF3N3O2S. The van der Waals surface area contributed by atoms with Gasteiger partial charge in [0, 0.05) is 5.02 Å². The molecule has 0 atom stereocenters. The van der Waals surface area contributed by atoms with E-state index in [2.05, 4.69) is 9.97 Å². The third kappa shape index (κ3) is 3.48. The van der Waals surface area contributed by atoms with Crippen molar-refractivity contribution in [3.63, 3.8) is 0 Å². The number of aromatic nitrogens is 2. The smallest absolute Gasteiger partial charge is 0.348 e. The second-order valence-electron chi connectivity index (χ2n) is 4.16. The van der Waals surface area contributed by atoms with Crippen molar-refractivity contribution >= 4 is 27.3 Å². The number of benzene rings is 1. The fourth-order valence-electron chi connectivity index (χ4n) is 1.63. The fraction of sp³-hybridized carbons (Fsp3) is 0.182. The first kappa shape index (κ1) is 15.6. The molecule has 1 aromatic carbocycles. The Morgan fingerprint density at radius 1 is 1.29 bits per heavy atom. The molecule has 0 aliphatic heterocycles. The molecule has 0 saturated heterocycles. The molecule has 114 valence electrons. The Bertz CT molecular complexity index is 771. The van der Waals surface area contributed by atoms with Gasteiger partial charge in [0.2, 0.25) is 0 Å². The van der Waals surface area contributed by atoms with Gasteiger partial charge in [-0.05, 0) is 25.1 Å². The summed E-state index contributed by atoms with van der Waals surface area (Å²) in [4.78, 5) is 6.19. The van der Waals surface area contributed by atoms with Gasteiger partial charge in [-0.15, -0.1) is 0 Å². The Morgan fingerprint density at radius 3 is 2.48 bits per heavy atom. The molecule has 5 nitrogen and oxygen atoms in total. The van der Waals surface area contributed by atoms with Crippen LogP contribution in [0.15, 0.2) is 29.6 Å². The number of halogens is 4. The predicted molar refractivity (Wildman–Crippen MR) is 70.6 cm³/mol. The summed E-state index contributed by atoms with van der Waals surface area (Å²) in [5.74, 6) is 0. The topological polar surface area (TPSA) is 74.8 Å². The molecule has 1 aromatic heterocycles. The fourth-order valence-corrected chi connectivity index (χ4v) is 3.05. The Balaban J connectivity index is 2.41. The first-order chi connectivity index (χ1) is 9.59. The summed E-state index contributed by atoms with van der Waals surface area (Å²) in [6.07, 6.45) is -3.46. The van der Waals surface area contributed by atoms with Crippen molar-refractivity contribution in [2.45, 2.75) is 18.1 Å². The largest absolute Gasteiger partial charge is 0.416 e. The molecule has 2 aromatic rings. The van der Waals surface area contributed by atoms with Crippen LogP contribution in [0.1, 0.15) is 11.3 Å². The van der Waals surface area contributed by atoms with Crippen molar-refractivity contribution in [1.82, 2.24) is 9.97 Å². The van der Waals surface area contributed by atoms with E-state index in [9.17, 15) is 21.6 Å². The number of H-pyrrole nitrogens is 1. The van der Waals surface area contributed by atoms with Crippen LogP contribution in [0, 0.1) is 6.92 Å². The van der Waals surface area contributed by atoms with Crippen LogP contribution in [0.5, 0.6) is 0 Å². The summed E-state index contributed by atoms with van der Waals surface area (Å²) in [5, 5.41) is -0.530. The van der Waals surface area contributed by atoms with Crippen molar-refractivity contribution in [2.24, 2.45) is 0 Å². The van der Waals surface area contributed by atoms with E-state index in [1.54, 1.807) is 0 Å². The number of hydrogen-bond acceptors (Lipinski definition) is 3. The monoisotopic (exact) mass is 339 g/mol. The van der Waals surface area contributed by atoms with E-state index in [1.807, 2.05) is 4.72 Å². The summed E-state index contributed by atoms with van der Waals surface area (Å²) in [6.45, 7) is 1.47. The van der Waals surface area contributed by atoms with Crippen molar-refractivity contribution in [1.29, 1.82) is 0 Å². The van der Waals surface area contributed by atoms with Crippen LogP contribution < -0.4 is 4.72 Å². The van der Waals surface area contributed by atoms with Crippen LogP contribution in [-0.2, 0) is 16.2 Å². The summed E-state index contributed by atoms with van der Waals surface area (Å²) in [5.41, 5.74) is -1.08. The third-order valence-corrected chi connectivity index (χ3v) is 4.16. The molecule has 21 heavy (non-hydrogen) atoms. The molecule has 0 aliphatic carbocycles. The minimum absolute atomic E-state index is 0.235. The summed E-state index contributed by atoms with van der Waals surface area (Å²) in [6, 6.07) is 2.45. The highest BCUT2D eigenvalue weighted by atomic mass is 35.5. The molecule has 0 unspecified atom stereocenters. The molecule has 0 bridgehead atoms. The number of alkyl halides is 3. The van der Waals surface area contributed by atoms with E-state index < -0.39 is 21.8 Å². The second-order valence-corrected chi connectivity index (χ2v) is 6.20. The Kier molecular flexibility index (Phi) is 3.89. The number of aromatic amines is 1. The Hall–Kier alpha value is -1.74. The number of hydrogen-bond donors (Lipinski definition) is 2. The van der Waals surface area contributed by atoms with Gasteiger partial charge in [-0.25, -0.2) is 4.98 Å². The quantitative estimate of drug-likeness (QED) is 0.901. The highest BCUT2D eigenvalue weighted by Crippen LogP contribution is 2.33. The zero-order valence-corrected chi connectivity index (χ0v) is 12.1. The number of nitrogens with zero attached hydrogens (tertiary/aromatic N) is 1. The number of rotatable bonds is 3. The summed E-state index contributed by atoms with van der Waals surface area (Å²) >= 11 is 5.58. The van der Waals surface area contributed by atoms with Gasteiger partial charge in [-0.1, -0.05) is 11.6 Å². The molecule has 0 fully saturated rings. The van der Waals surface area contributed by atoms with Crippen LogP contribution in [0.3, 0.4) is 0 Å². The van der Waals surface area contributed by atoms with Gasteiger partial charge in [0.25, 0.3) is 10.0 Å². The maximum Gasteiger partial charge on any atom is 0.416 e. The summed E-state index contributed by atoms with van der Waals surface area (Å²) < 4.78 is 64.1. The molecule has 0 saturated carbocycles. The first-order valence-electron chi connectivity index (χ1n) is 5.50. The van der Waals surface area contributed by atoms with Gasteiger partial charge in [0.1, 0.15) is 0 Å². The Labute approximate surface area is 123 Å². The molecule has 0 aliphatic rings. The second kappa shape index (κ2) is 5.23. The van der Waals surface area contributed by atoms with E-state index in [0.717, 1.165) is 6.07 Å². The van der Waals surface area contributed by atoms with Crippen LogP contribution in [-0.4, -0.2) is 18.4 Å². The average Bonchev–Trinajstić information content (AvgIpc) is 2.73. The van der Waals surface area contributed by atoms with E-state index in [0.29, 0.717) is 12.1 Å². The number of imidazole rings is 1. The van der Waals surface area contributed by atoms with Crippen LogP contribution >= 0.6 is 11.6 Å². The molecule has 0 amide bonds. The minimum atomic E-state index is -4.63. The van der Waals surface area contributed by atoms with Crippen LogP contribution in [0.25, 0.3) is 0 Å². The molecule has 10 heteroatoms. The highest BCUT2D eigenvalue weighted by Gasteiger charge is 2.31. The minimum Gasteiger partial charge on any atom is -0.348 e. The molecule has 0 spiro atoms. The van der Waals surface area contributed by atoms with E-state index in [1.165, 1.54) is 13.3 Å². The third-order valence-electron chi connectivity index (χ3n) is 2.52. The molecular weight excluding hydrogens is 331 g/mol. The summed E-state index contributed by atoms with van der Waals surface area (Å²) in [7, 11) is -4.10. The zero-order chi connectivity index (χ0) is 15.8. The van der Waals surface area contributed by atoms with Crippen molar-refractivity contribution < 1.29 is 21.6 Å². The lowest BCUT2D eigenvalue weighted by Crippen LogP contribution is -2.15. The lowest BCUT2D eigenvalue weighted by atomic mass is 10.2. The normalized spacial score (nSPS) is 12.4. The lowest BCUT2D eigenvalue weighted by molar-refractivity contribution is -0.137.